The van der Waals surface area contributed by atoms with E-state index >= 15 is 0 Å². The van der Waals surface area contributed by atoms with Crippen LogP contribution in [0.15, 0.2) is 42.7 Å². The van der Waals surface area contributed by atoms with Crippen LogP contribution in [0, 0.1) is 0 Å². The summed E-state index contributed by atoms with van der Waals surface area (Å²) < 4.78 is 0. The van der Waals surface area contributed by atoms with E-state index in [0.717, 1.165) is 31.0 Å². The summed E-state index contributed by atoms with van der Waals surface area (Å²) >= 11 is 0. The highest BCUT2D eigenvalue weighted by Gasteiger charge is 1.97. The predicted molar refractivity (Wildman–Crippen MR) is 71.8 cm³/mol. The highest BCUT2D eigenvalue weighted by atomic mass is 14.9. The van der Waals surface area contributed by atoms with Gasteiger partial charge in [-0.25, -0.2) is 0 Å². The Morgan fingerprint density at radius 1 is 0.944 bits per heavy atom. The Labute approximate surface area is 107 Å². The first-order valence-corrected chi connectivity index (χ1v) is 6.07. The molecule has 0 aliphatic heterocycles. The lowest BCUT2D eigenvalue weighted by Crippen LogP contribution is -2.14. The Kier molecular flexibility index (Phi) is 4.81. The first-order chi connectivity index (χ1) is 8.88. The molecular weight excluding hydrogens is 224 g/mol. The number of rotatable bonds is 6. The molecule has 0 amide bonds. The molecule has 0 unspecified atom stereocenters. The molecule has 0 fully saturated rings. The Hall–Kier alpha value is -1.78. The van der Waals surface area contributed by atoms with Gasteiger partial charge in [-0.3, -0.25) is 9.97 Å². The Balaban J connectivity index is 1.80. The summed E-state index contributed by atoms with van der Waals surface area (Å²) in [5.41, 5.74) is 3.29. The van der Waals surface area contributed by atoms with Crippen LogP contribution < -0.4 is 10.6 Å². The molecule has 0 atom stereocenters. The molecule has 0 radical (unpaired) electrons. The van der Waals surface area contributed by atoms with E-state index in [1.54, 1.807) is 0 Å². The molecule has 94 valence electrons. The maximum Gasteiger partial charge on any atom is 0.0541 e. The molecule has 2 rings (SSSR count). The SMILES string of the molecule is CNCc1ccc(CNCc2ccccn2)nc1. The van der Waals surface area contributed by atoms with Crippen LogP contribution in [-0.4, -0.2) is 17.0 Å². The highest BCUT2D eigenvalue weighted by Crippen LogP contribution is 2.00. The summed E-state index contributed by atoms with van der Waals surface area (Å²) in [5, 5.41) is 6.43. The van der Waals surface area contributed by atoms with Crippen molar-refractivity contribution < 1.29 is 0 Å². The van der Waals surface area contributed by atoms with Gasteiger partial charge in [0.1, 0.15) is 0 Å². The molecule has 0 aliphatic carbocycles. The number of nitrogens with zero attached hydrogens (tertiary/aromatic N) is 2. The van der Waals surface area contributed by atoms with Gasteiger partial charge in [-0.05, 0) is 30.8 Å². The third-order valence-corrected chi connectivity index (χ3v) is 2.61. The van der Waals surface area contributed by atoms with Crippen molar-refractivity contribution in [1.82, 2.24) is 20.6 Å². The van der Waals surface area contributed by atoms with Crippen molar-refractivity contribution in [3.05, 3.63) is 59.7 Å². The average molecular weight is 242 g/mol. The lowest BCUT2D eigenvalue weighted by Gasteiger charge is -2.05. The van der Waals surface area contributed by atoms with E-state index in [4.69, 9.17) is 0 Å². The van der Waals surface area contributed by atoms with Crippen molar-refractivity contribution in [2.75, 3.05) is 7.05 Å². The molecule has 18 heavy (non-hydrogen) atoms. The molecular formula is C14H18N4. The van der Waals surface area contributed by atoms with Crippen LogP contribution in [0.2, 0.25) is 0 Å². The van der Waals surface area contributed by atoms with Gasteiger partial charge < -0.3 is 10.6 Å². The topological polar surface area (TPSA) is 49.8 Å². The van der Waals surface area contributed by atoms with Crippen molar-refractivity contribution in [3.8, 4) is 0 Å². The molecule has 2 aromatic heterocycles. The number of hydrogen-bond donors (Lipinski definition) is 2. The molecule has 4 nitrogen and oxygen atoms in total. The monoisotopic (exact) mass is 242 g/mol. The fraction of sp³-hybridized carbons (Fsp3) is 0.286. The largest absolute Gasteiger partial charge is 0.316 e. The van der Waals surface area contributed by atoms with Crippen molar-refractivity contribution in [3.63, 3.8) is 0 Å². The van der Waals surface area contributed by atoms with Gasteiger partial charge in [0.05, 0.1) is 11.4 Å². The molecule has 0 aromatic carbocycles. The highest BCUT2D eigenvalue weighted by molar-refractivity contribution is 5.14. The van der Waals surface area contributed by atoms with Crippen LogP contribution >= 0.6 is 0 Å². The summed E-state index contributed by atoms with van der Waals surface area (Å²) in [7, 11) is 1.93. The van der Waals surface area contributed by atoms with E-state index < -0.39 is 0 Å². The molecule has 0 saturated carbocycles. The molecule has 2 heterocycles. The van der Waals surface area contributed by atoms with E-state index in [0.29, 0.717) is 0 Å². The molecule has 4 heteroatoms. The van der Waals surface area contributed by atoms with E-state index in [1.165, 1.54) is 5.56 Å². The maximum absolute atomic E-state index is 4.41. The van der Waals surface area contributed by atoms with Gasteiger partial charge in [0.2, 0.25) is 0 Å². The van der Waals surface area contributed by atoms with Gasteiger partial charge in [-0.15, -0.1) is 0 Å². The fourth-order valence-corrected chi connectivity index (χ4v) is 1.69. The summed E-state index contributed by atoms with van der Waals surface area (Å²) in [6.45, 7) is 2.38. The van der Waals surface area contributed by atoms with Crippen LogP contribution in [-0.2, 0) is 19.6 Å². The molecule has 0 aliphatic rings. The number of hydrogen-bond acceptors (Lipinski definition) is 4. The van der Waals surface area contributed by atoms with Crippen LogP contribution in [0.25, 0.3) is 0 Å². The average Bonchev–Trinajstić information content (AvgIpc) is 2.42. The number of aromatic nitrogens is 2. The van der Waals surface area contributed by atoms with E-state index in [1.807, 2.05) is 37.6 Å². The van der Waals surface area contributed by atoms with Crippen LogP contribution in [0.1, 0.15) is 17.0 Å². The van der Waals surface area contributed by atoms with Crippen molar-refractivity contribution in [2.45, 2.75) is 19.6 Å². The Morgan fingerprint density at radius 2 is 1.78 bits per heavy atom. The van der Waals surface area contributed by atoms with Gasteiger partial charge >= 0.3 is 0 Å². The Morgan fingerprint density at radius 3 is 2.39 bits per heavy atom. The maximum atomic E-state index is 4.41. The van der Waals surface area contributed by atoms with Crippen LogP contribution in [0.5, 0.6) is 0 Å². The fourth-order valence-electron chi connectivity index (χ4n) is 1.69. The minimum Gasteiger partial charge on any atom is -0.316 e. The van der Waals surface area contributed by atoms with Gasteiger partial charge in [0, 0.05) is 32.0 Å². The second-order valence-corrected chi connectivity index (χ2v) is 4.11. The van der Waals surface area contributed by atoms with Crippen LogP contribution in [0.3, 0.4) is 0 Å². The minimum absolute atomic E-state index is 0.760. The molecule has 0 saturated heterocycles. The zero-order chi connectivity index (χ0) is 12.6. The second-order valence-electron chi connectivity index (χ2n) is 4.11. The number of pyridine rings is 2. The van der Waals surface area contributed by atoms with Gasteiger partial charge in [0.15, 0.2) is 0 Å². The summed E-state index contributed by atoms with van der Waals surface area (Å²) in [6, 6.07) is 10.1. The smallest absolute Gasteiger partial charge is 0.0541 e. The molecule has 0 spiro atoms. The molecule has 0 bridgehead atoms. The third-order valence-electron chi connectivity index (χ3n) is 2.61. The summed E-state index contributed by atoms with van der Waals surface area (Å²) in [4.78, 5) is 8.66. The second kappa shape index (κ2) is 6.83. The lowest BCUT2D eigenvalue weighted by atomic mass is 10.2. The normalized spacial score (nSPS) is 10.5. The van der Waals surface area contributed by atoms with E-state index in [-0.39, 0.29) is 0 Å². The summed E-state index contributed by atoms with van der Waals surface area (Å²) in [6.07, 6.45) is 3.72. The quantitative estimate of drug-likeness (QED) is 0.805. The molecule has 2 N–H and O–H groups in total. The zero-order valence-electron chi connectivity index (χ0n) is 10.6. The molecule has 2 aromatic rings. The zero-order valence-corrected chi connectivity index (χ0v) is 10.6. The first-order valence-electron chi connectivity index (χ1n) is 6.07. The number of nitrogens with one attached hydrogen (secondary N) is 2. The standard InChI is InChI=1S/C14H18N4/c1-15-8-12-5-6-14(18-9-12)11-16-10-13-4-2-3-7-17-13/h2-7,9,15-16H,8,10-11H2,1H3. The lowest BCUT2D eigenvalue weighted by molar-refractivity contribution is 0.666. The van der Waals surface area contributed by atoms with Gasteiger partial charge in [-0.1, -0.05) is 12.1 Å². The van der Waals surface area contributed by atoms with Gasteiger partial charge in [0.25, 0.3) is 0 Å². The van der Waals surface area contributed by atoms with E-state index in [9.17, 15) is 0 Å². The summed E-state index contributed by atoms with van der Waals surface area (Å²) in [5.74, 6) is 0. The minimum atomic E-state index is 0.760. The third kappa shape index (κ3) is 3.91. The first kappa shape index (κ1) is 12.7. The van der Waals surface area contributed by atoms with Crippen molar-refractivity contribution in [2.24, 2.45) is 0 Å². The van der Waals surface area contributed by atoms with Crippen molar-refractivity contribution in [1.29, 1.82) is 0 Å². The predicted octanol–water partition coefficient (Wildman–Crippen LogP) is 1.49. The van der Waals surface area contributed by atoms with Gasteiger partial charge in [-0.2, -0.15) is 0 Å². The van der Waals surface area contributed by atoms with E-state index in [2.05, 4.69) is 32.7 Å². The van der Waals surface area contributed by atoms with Crippen molar-refractivity contribution >= 4 is 0 Å². The Bertz CT molecular complexity index is 453. The van der Waals surface area contributed by atoms with Crippen LogP contribution in [0.4, 0.5) is 0 Å².